The van der Waals surface area contributed by atoms with E-state index in [2.05, 4.69) is 5.32 Å². The minimum absolute atomic E-state index is 0.0945. The Hall–Kier alpha value is -2.14. The summed E-state index contributed by atoms with van der Waals surface area (Å²) in [6.07, 6.45) is 0.909. The van der Waals surface area contributed by atoms with Crippen LogP contribution in [0.4, 0.5) is 8.78 Å². The third kappa shape index (κ3) is 3.99. The molecule has 1 N–H and O–H groups in total. The highest BCUT2D eigenvalue weighted by Gasteiger charge is 2.29. The van der Waals surface area contributed by atoms with Crippen molar-refractivity contribution in [2.75, 3.05) is 0 Å². The first-order valence-corrected chi connectivity index (χ1v) is 7.58. The summed E-state index contributed by atoms with van der Waals surface area (Å²) in [5.74, 6) is -1.03. The molecule has 1 aliphatic rings. The third-order valence-corrected chi connectivity index (χ3v) is 3.77. The van der Waals surface area contributed by atoms with Crippen LogP contribution in [-0.4, -0.2) is 11.9 Å². The Bertz CT molecular complexity index is 717. The number of halogens is 3. The number of ether oxygens (including phenoxy) is 1. The van der Waals surface area contributed by atoms with Gasteiger partial charge in [-0.3, -0.25) is 4.79 Å². The average molecular weight is 338 g/mol. The fraction of sp³-hybridized carbons (Fsp3) is 0.235. The maximum absolute atomic E-state index is 13.2. The van der Waals surface area contributed by atoms with Crippen LogP contribution in [0.1, 0.15) is 24.5 Å². The standard InChI is InChI=1S/C17H14ClF2NO2/c18-14-9-13(7-8-15(14)20)23-16(17(22)21-12-5-6-12)10-1-3-11(19)4-2-10/h1-4,7-9,12,16H,5-6H2,(H,21,22)/t16-/m1/s1. The predicted octanol–water partition coefficient (Wildman–Crippen LogP) is 4.02. The lowest BCUT2D eigenvalue weighted by molar-refractivity contribution is -0.128. The Balaban J connectivity index is 1.85. The van der Waals surface area contributed by atoms with Crippen LogP contribution in [0.3, 0.4) is 0 Å². The largest absolute Gasteiger partial charge is 0.476 e. The summed E-state index contributed by atoms with van der Waals surface area (Å²) in [4.78, 5) is 12.4. The van der Waals surface area contributed by atoms with E-state index in [9.17, 15) is 13.6 Å². The minimum Gasteiger partial charge on any atom is -0.476 e. The summed E-state index contributed by atoms with van der Waals surface area (Å²) in [5, 5.41) is 2.75. The molecule has 1 atom stereocenters. The van der Waals surface area contributed by atoms with Crippen molar-refractivity contribution in [3.8, 4) is 5.75 Å². The Labute approximate surface area is 137 Å². The second-order valence-corrected chi connectivity index (χ2v) is 5.82. The maximum atomic E-state index is 13.2. The van der Waals surface area contributed by atoms with Gasteiger partial charge >= 0.3 is 0 Å². The summed E-state index contributed by atoms with van der Waals surface area (Å²) in [5.41, 5.74) is 0.505. The van der Waals surface area contributed by atoms with E-state index >= 15 is 0 Å². The summed E-state index contributed by atoms with van der Waals surface area (Å²) in [6.45, 7) is 0. The van der Waals surface area contributed by atoms with Gasteiger partial charge < -0.3 is 10.1 Å². The molecule has 2 aromatic rings. The van der Waals surface area contributed by atoms with E-state index in [1.807, 2.05) is 0 Å². The van der Waals surface area contributed by atoms with Gasteiger partial charge in [-0.05, 0) is 37.1 Å². The molecular formula is C17H14ClF2NO2. The van der Waals surface area contributed by atoms with Gasteiger partial charge in [0.2, 0.25) is 6.10 Å². The number of carbonyl (C=O) groups excluding carboxylic acids is 1. The van der Waals surface area contributed by atoms with Crippen LogP contribution in [-0.2, 0) is 4.79 Å². The summed E-state index contributed by atoms with van der Waals surface area (Å²) in [7, 11) is 0. The van der Waals surface area contributed by atoms with Crippen LogP contribution in [0.15, 0.2) is 42.5 Å². The lowest BCUT2D eigenvalue weighted by Gasteiger charge is -2.19. The van der Waals surface area contributed by atoms with Crippen LogP contribution in [0, 0.1) is 11.6 Å². The van der Waals surface area contributed by atoms with Gasteiger partial charge in [0, 0.05) is 17.7 Å². The van der Waals surface area contributed by atoms with Crippen LogP contribution in [0.25, 0.3) is 0 Å². The number of hydrogen-bond acceptors (Lipinski definition) is 2. The van der Waals surface area contributed by atoms with Crippen molar-refractivity contribution in [1.82, 2.24) is 5.32 Å². The van der Waals surface area contributed by atoms with E-state index in [0.29, 0.717) is 5.56 Å². The lowest BCUT2D eigenvalue weighted by Crippen LogP contribution is -2.33. The molecule has 120 valence electrons. The molecule has 6 heteroatoms. The van der Waals surface area contributed by atoms with Crippen LogP contribution >= 0.6 is 11.6 Å². The molecule has 1 amide bonds. The topological polar surface area (TPSA) is 38.3 Å². The fourth-order valence-corrected chi connectivity index (χ4v) is 2.27. The van der Waals surface area contributed by atoms with Crippen LogP contribution in [0.2, 0.25) is 5.02 Å². The Morgan fingerprint density at radius 1 is 1.17 bits per heavy atom. The summed E-state index contributed by atoms with van der Waals surface area (Å²) in [6, 6.07) is 9.50. The molecule has 0 heterocycles. The Morgan fingerprint density at radius 2 is 1.87 bits per heavy atom. The zero-order valence-electron chi connectivity index (χ0n) is 12.1. The number of nitrogens with one attached hydrogen (secondary N) is 1. The molecule has 0 spiro atoms. The second kappa shape index (κ2) is 6.54. The first-order chi connectivity index (χ1) is 11.0. The Kier molecular flexibility index (Phi) is 4.48. The summed E-state index contributed by atoms with van der Waals surface area (Å²) >= 11 is 5.73. The normalized spacial score (nSPS) is 15.1. The highest BCUT2D eigenvalue weighted by molar-refractivity contribution is 6.30. The molecular weight excluding hydrogens is 324 g/mol. The zero-order valence-corrected chi connectivity index (χ0v) is 12.8. The van der Waals surface area contributed by atoms with Crippen molar-refractivity contribution < 1.29 is 18.3 Å². The molecule has 0 bridgehead atoms. The second-order valence-electron chi connectivity index (χ2n) is 5.41. The monoisotopic (exact) mass is 337 g/mol. The molecule has 1 aliphatic carbocycles. The number of benzene rings is 2. The molecule has 23 heavy (non-hydrogen) atoms. The van der Waals surface area contributed by atoms with Crippen molar-refractivity contribution in [3.05, 3.63) is 64.7 Å². The van der Waals surface area contributed by atoms with Crippen molar-refractivity contribution in [3.63, 3.8) is 0 Å². The number of hydrogen-bond donors (Lipinski definition) is 1. The van der Waals surface area contributed by atoms with Gasteiger partial charge in [-0.25, -0.2) is 8.78 Å². The molecule has 3 nitrogen and oxygen atoms in total. The molecule has 0 radical (unpaired) electrons. The molecule has 1 fully saturated rings. The van der Waals surface area contributed by atoms with E-state index < -0.39 is 17.7 Å². The van der Waals surface area contributed by atoms with Crippen molar-refractivity contribution >= 4 is 17.5 Å². The predicted molar refractivity (Wildman–Crippen MR) is 82.3 cm³/mol. The average Bonchev–Trinajstić information content (AvgIpc) is 3.33. The van der Waals surface area contributed by atoms with Crippen molar-refractivity contribution in [2.24, 2.45) is 0 Å². The van der Waals surface area contributed by atoms with E-state index in [1.165, 1.54) is 36.4 Å². The van der Waals surface area contributed by atoms with Gasteiger partial charge in [-0.1, -0.05) is 23.7 Å². The van der Waals surface area contributed by atoms with E-state index in [4.69, 9.17) is 16.3 Å². The molecule has 3 rings (SSSR count). The first-order valence-electron chi connectivity index (χ1n) is 7.20. The van der Waals surface area contributed by atoms with Crippen LogP contribution < -0.4 is 10.1 Å². The molecule has 0 aromatic heterocycles. The maximum Gasteiger partial charge on any atom is 0.266 e. The van der Waals surface area contributed by atoms with Gasteiger partial charge in [0.05, 0.1) is 5.02 Å². The van der Waals surface area contributed by atoms with E-state index in [1.54, 1.807) is 0 Å². The van der Waals surface area contributed by atoms with Gasteiger partial charge in [0.25, 0.3) is 5.91 Å². The minimum atomic E-state index is -0.960. The molecule has 2 aromatic carbocycles. The molecule has 0 aliphatic heterocycles. The smallest absolute Gasteiger partial charge is 0.266 e. The van der Waals surface area contributed by atoms with Crippen molar-refractivity contribution in [1.29, 1.82) is 0 Å². The summed E-state index contributed by atoms with van der Waals surface area (Å²) < 4.78 is 32.0. The van der Waals surface area contributed by atoms with Gasteiger partial charge in [-0.15, -0.1) is 0 Å². The highest BCUT2D eigenvalue weighted by Crippen LogP contribution is 2.28. The van der Waals surface area contributed by atoms with E-state index in [0.717, 1.165) is 18.9 Å². The molecule has 1 saturated carbocycles. The SMILES string of the molecule is O=C(NC1CC1)[C@H](Oc1ccc(F)c(Cl)c1)c1ccc(F)cc1. The number of carbonyl (C=O) groups is 1. The van der Waals surface area contributed by atoms with Gasteiger partial charge in [-0.2, -0.15) is 0 Å². The zero-order chi connectivity index (χ0) is 16.4. The van der Waals surface area contributed by atoms with Gasteiger partial charge in [0.15, 0.2) is 0 Å². The lowest BCUT2D eigenvalue weighted by atomic mass is 10.1. The fourth-order valence-electron chi connectivity index (χ4n) is 2.10. The highest BCUT2D eigenvalue weighted by atomic mass is 35.5. The van der Waals surface area contributed by atoms with Crippen molar-refractivity contribution in [2.45, 2.75) is 25.0 Å². The van der Waals surface area contributed by atoms with Crippen LogP contribution in [0.5, 0.6) is 5.75 Å². The van der Waals surface area contributed by atoms with Gasteiger partial charge in [0.1, 0.15) is 17.4 Å². The number of rotatable bonds is 5. The Morgan fingerprint density at radius 3 is 2.48 bits per heavy atom. The number of amides is 1. The third-order valence-electron chi connectivity index (χ3n) is 3.48. The van der Waals surface area contributed by atoms with E-state index in [-0.39, 0.29) is 22.7 Å². The molecule has 0 saturated heterocycles. The molecule has 0 unspecified atom stereocenters. The quantitative estimate of drug-likeness (QED) is 0.895. The first kappa shape index (κ1) is 15.7.